The average Bonchev–Trinajstić information content (AvgIpc) is 2.56. The van der Waals surface area contributed by atoms with Crippen LogP contribution in [-0.2, 0) is 9.59 Å². The number of nitrogens with one attached hydrogen (secondary N) is 3. The third-order valence-corrected chi connectivity index (χ3v) is 3.68. The Morgan fingerprint density at radius 3 is 2.35 bits per heavy atom. The molecule has 0 atom stereocenters. The van der Waals surface area contributed by atoms with Gasteiger partial charge in [0, 0.05) is 50.5 Å². The minimum Gasteiger partial charge on any atom is -0.347 e. The van der Waals surface area contributed by atoms with Crippen molar-refractivity contribution in [2.45, 2.75) is 6.92 Å². The fraction of sp³-hybridized carbons (Fsp3) is 0.438. The first kappa shape index (κ1) is 17.1. The van der Waals surface area contributed by atoms with E-state index < -0.39 is 11.8 Å². The molecule has 23 heavy (non-hydrogen) atoms. The smallest absolute Gasteiger partial charge is 0.313 e. The number of carbonyl (C=O) groups is 3. The van der Waals surface area contributed by atoms with Gasteiger partial charge in [-0.2, -0.15) is 0 Å². The van der Waals surface area contributed by atoms with Crippen molar-refractivity contribution in [1.82, 2.24) is 15.5 Å². The number of nitrogens with zero attached hydrogens (tertiary/aromatic N) is 1. The van der Waals surface area contributed by atoms with Gasteiger partial charge in [-0.05, 0) is 31.2 Å². The van der Waals surface area contributed by atoms with Crippen LogP contribution in [-0.4, -0.2) is 61.8 Å². The van der Waals surface area contributed by atoms with E-state index in [2.05, 4.69) is 20.9 Å². The van der Waals surface area contributed by atoms with Crippen molar-refractivity contribution in [2.75, 3.05) is 44.6 Å². The number of amides is 2. The van der Waals surface area contributed by atoms with Crippen LogP contribution >= 0.6 is 0 Å². The predicted octanol–water partition coefficient (Wildman–Crippen LogP) is -0.151. The first-order chi connectivity index (χ1) is 11.1. The molecule has 2 rings (SSSR count). The van der Waals surface area contributed by atoms with Crippen LogP contribution in [0.15, 0.2) is 24.3 Å². The molecule has 1 aromatic rings. The summed E-state index contributed by atoms with van der Waals surface area (Å²) in [5, 5.41) is 8.38. The molecule has 1 aliphatic heterocycles. The van der Waals surface area contributed by atoms with Crippen molar-refractivity contribution in [1.29, 1.82) is 0 Å². The molecule has 0 bridgehead atoms. The molecule has 1 heterocycles. The Balaban J connectivity index is 1.73. The fourth-order valence-electron chi connectivity index (χ4n) is 2.32. The molecule has 7 nitrogen and oxygen atoms in total. The average molecular weight is 318 g/mol. The Labute approximate surface area is 135 Å². The molecule has 1 saturated heterocycles. The third kappa shape index (κ3) is 5.46. The number of ketones is 1. The van der Waals surface area contributed by atoms with Crippen LogP contribution in [0, 0.1) is 0 Å². The quantitative estimate of drug-likeness (QED) is 0.519. The normalized spacial score (nSPS) is 15.0. The maximum Gasteiger partial charge on any atom is 0.313 e. The minimum atomic E-state index is -0.708. The largest absolute Gasteiger partial charge is 0.347 e. The molecule has 2 amide bonds. The molecule has 0 aromatic heterocycles. The number of hydrogen-bond donors (Lipinski definition) is 3. The minimum absolute atomic E-state index is 0.0477. The van der Waals surface area contributed by atoms with Crippen LogP contribution in [0.4, 0.5) is 5.69 Å². The molecule has 1 aliphatic rings. The maximum atomic E-state index is 11.8. The molecular formula is C16H22N4O3. The summed E-state index contributed by atoms with van der Waals surface area (Å²) in [7, 11) is 0. The number of hydrogen-bond acceptors (Lipinski definition) is 5. The van der Waals surface area contributed by atoms with Crippen molar-refractivity contribution in [3.63, 3.8) is 0 Å². The summed E-state index contributed by atoms with van der Waals surface area (Å²) in [5.74, 6) is -1.41. The van der Waals surface area contributed by atoms with E-state index in [9.17, 15) is 14.4 Å². The number of rotatable bonds is 5. The molecule has 3 N–H and O–H groups in total. The zero-order valence-electron chi connectivity index (χ0n) is 13.2. The number of carbonyl (C=O) groups excluding carboxylic acids is 3. The van der Waals surface area contributed by atoms with Crippen LogP contribution in [0.25, 0.3) is 0 Å². The molecule has 0 unspecified atom stereocenters. The monoisotopic (exact) mass is 318 g/mol. The summed E-state index contributed by atoms with van der Waals surface area (Å²) in [5.41, 5.74) is 1.04. The number of anilines is 1. The van der Waals surface area contributed by atoms with Gasteiger partial charge in [0.25, 0.3) is 0 Å². The molecule has 0 spiro atoms. The zero-order chi connectivity index (χ0) is 16.7. The molecule has 0 saturated carbocycles. The number of Topliss-reactive ketones (excluding diaryl/α,β-unsaturated/α-hetero) is 1. The SMILES string of the molecule is CC(=O)c1ccc(NC(=O)C(=O)NCCN2CCNCC2)cc1. The summed E-state index contributed by atoms with van der Waals surface area (Å²) >= 11 is 0. The van der Waals surface area contributed by atoms with Crippen molar-refractivity contribution in [3.05, 3.63) is 29.8 Å². The summed E-state index contributed by atoms with van der Waals surface area (Å²) < 4.78 is 0. The highest BCUT2D eigenvalue weighted by Crippen LogP contribution is 2.09. The van der Waals surface area contributed by atoms with Gasteiger partial charge in [-0.3, -0.25) is 19.3 Å². The standard InChI is InChI=1S/C16H22N4O3/c1-12(21)13-2-4-14(5-3-13)19-16(23)15(22)18-8-11-20-9-6-17-7-10-20/h2-5,17H,6-11H2,1H3,(H,18,22)(H,19,23). The van der Waals surface area contributed by atoms with Gasteiger partial charge >= 0.3 is 11.8 Å². The van der Waals surface area contributed by atoms with Crippen LogP contribution < -0.4 is 16.0 Å². The van der Waals surface area contributed by atoms with E-state index in [-0.39, 0.29) is 5.78 Å². The van der Waals surface area contributed by atoms with Crippen molar-refractivity contribution in [3.8, 4) is 0 Å². The summed E-state index contributed by atoms with van der Waals surface area (Å²) in [6.45, 7) is 6.44. The van der Waals surface area contributed by atoms with Crippen LogP contribution in [0.5, 0.6) is 0 Å². The highest BCUT2D eigenvalue weighted by molar-refractivity contribution is 6.39. The van der Waals surface area contributed by atoms with Gasteiger partial charge in [0.15, 0.2) is 5.78 Å². The third-order valence-electron chi connectivity index (χ3n) is 3.68. The molecule has 124 valence electrons. The Morgan fingerprint density at radius 1 is 1.09 bits per heavy atom. The second-order valence-corrected chi connectivity index (χ2v) is 5.44. The number of benzene rings is 1. The Hall–Kier alpha value is -2.25. The summed E-state index contributed by atoms with van der Waals surface area (Å²) in [6, 6.07) is 6.42. The highest BCUT2D eigenvalue weighted by Gasteiger charge is 2.14. The number of piperazine rings is 1. The molecule has 0 radical (unpaired) electrons. The van der Waals surface area contributed by atoms with E-state index in [1.165, 1.54) is 6.92 Å². The second kappa shape index (κ2) is 8.40. The first-order valence-corrected chi connectivity index (χ1v) is 7.69. The van der Waals surface area contributed by atoms with Crippen LogP contribution in [0.1, 0.15) is 17.3 Å². The topological polar surface area (TPSA) is 90.5 Å². The first-order valence-electron chi connectivity index (χ1n) is 7.69. The van der Waals surface area contributed by atoms with E-state index in [4.69, 9.17) is 0 Å². The van der Waals surface area contributed by atoms with Crippen molar-refractivity contribution in [2.24, 2.45) is 0 Å². The van der Waals surface area contributed by atoms with E-state index in [0.717, 1.165) is 32.7 Å². The van der Waals surface area contributed by atoms with E-state index in [1.54, 1.807) is 24.3 Å². The molecule has 0 aliphatic carbocycles. The maximum absolute atomic E-state index is 11.8. The van der Waals surface area contributed by atoms with E-state index >= 15 is 0 Å². The molecule has 1 fully saturated rings. The highest BCUT2D eigenvalue weighted by atomic mass is 16.2. The van der Waals surface area contributed by atoms with Gasteiger partial charge in [0.05, 0.1) is 0 Å². The molecule has 1 aromatic carbocycles. The van der Waals surface area contributed by atoms with Gasteiger partial charge < -0.3 is 16.0 Å². The molecular weight excluding hydrogens is 296 g/mol. The Morgan fingerprint density at radius 2 is 1.74 bits per heavy atom. The fourth-order valence-corrected chi connectivity index (χ4v) is 2.32. The van der Waals surface area contributed by atoms with Crippen LogP contribution in [0.2, 0.25) is 0 Å². The Kier molecular flexibility index (Phi) is 6.25. The second-order valence-electron chi connectivity index (χ2n) is 5.44. The lowest BCUT2D eigenvalue weighted by atomic mass is 10.1. The van der Waals surface area contributed by atoms with Gasteiger partial charge in [0.1, 0.15) is 0 Å². The zero-order valence-corrected chi connectivity index (χ0v) is 13.2. The lowest BCUT2D eigenvalue weighted by Gasteiger charge is -2.26. The van der Waals surface area contributed by atoms with E-state index in [1.807, 2.05) is 0 Å². The van der Waals surface area contributed by atoms with Crippen LogP contribution in [0.3, 0.4) is 0 Å². The van der Waals surface area contributed by atoms with Gasteiger partial charge in [-0.15, -0.1) is 0 Å². The van der Waals surface area contributed by atoms with Crippen molar-refractivity contribution >= 4 is 23.3 Å². The molecule has 7 heteroatoms. The lowest BCUT2D eigenvalue weighted by Crippen LogP contribution is -2.47. The predicted molar refractivity (Wildman–Crippen MR) is 87.4 cm³/mol. The van der Waals surface area contributed by atoms with Gasteiger partial charge in [0.2, 0.25) is 0 Å². The Bertz CT molecular complexity index is 565. The van der Waals surface area contributed by atoms with Gasteiger partial charge in [-0.25, -0.2) is 0 Å². The summed E-state index contributed by atoms with van der Waals surface area (Å²) in [6.07, 6.45) is 0. The summed E-state index contributed by atoms with van der Waals surface area (Å²) in [4.78, 5) is 37.0. The lowest BCUT2D eigenvalue weighted by molar-refractivity contribution is -0.136. The van der Waals surface area contributed by atoms with Crippen molar-refractivity contribution < 1.29 is 14.4 Å². The van der Waals surface area contributed by atoms with E-state index in [0.29, 0.717) is 17.8 Å². The van der Waals surface area contributed by atoms with Gasteiger partial charge in [-0.1, -0.05) is 0 Å².